The molecule has 5 rings (SSSR count). The maximum atomic E-state index is 13.3. The van der Waals surface area contributed by atoms with Gasteiger partial charge in [0.05, 0.1) is 30.3 Å². The van der Waals surface area contributed by atoms with Crippen molar-refractivity contribution in [1.29, 1.82) is 5.26 Å². The molecule has 144 valence electrons. The third-order valence-corrected chi connectivity index (χ3v) is 5.49. The van der Waals surface area contributed by atoms with Crippen LogP contribution in [-0.2, 0) is 6.54 Å². The number of benzene rings is 2. The van der Waals surface area contributed by atoms with E-state index in [2.05, 4.69) is 11.4 Å². The lowest BCUT2D eigenvalue weighted by molar-refractivity contribution is 0.0667. The molecule has 0 spiro atoms. The van der Waals surface area contributed by atoms with E-state index in [1.807, 2.05) is 70.4 Å². The number of nitrogens with zero attached hydrogens (tertiary/aromatic N) is 4. The number of carbonyl (C=O) groups excluding carboxylic acids is 1. The molecule has 1 aromatic heterocycles. The van der Waals surface area contributed by atoms with E-state index in [1.54, 1.807) is 0 Å². The number of para-hydroxylation sites is 1. The second-order valence-electron chi connectivity index (χ2n) is 7.51. The summed E-state index contributed by atoms with van der Waals surface area (Å²) in [5.74, 6) is 0.0654. The van der Waals surface area contributed by atoms with Crippen LogP contribution >= 0.6 is 0 Å². The predicted molar refractivity (Wildman–Crippen MR) is 110 cm³/mol. The number of aryl methyl sites for hydroxylation is 1. The zero-order valence-corrected chi connectivity index (χ0v) is 16.0. The highest BCUT2D eigenvalue weighted by atomic mass is 16.2. The van der Waals surface area contributed by atoms with Gasteiger partial charge in [-0.25, -0.2) is 0 Å². The van der Waals surface area contributed by atoms with Crippen molar-refractivity contribution in [2.75, 3.05) is 5.32 Å². The van der Waals surface area contributed by atoms with Gasteiger partial charge in [0.1, 0.15) is 6.17 Å². The molecule has 1 atom stereocenters. The van der Waals surface area contributed by atoms with E-state index in [9.17, 15) is 4.79 Å². The third-order valence-electron chi connectivity index (χ3n) is 5.49. The lowest BCUT2D eigenvalue weighted by Gasteiger charge is -2.38. The van der Waals surface area contributed by atoms with E-state index < -0.39 is 0 Å². The van der Waals surface area contributed by atoms with Gasteiger partial charge in [-0.2, -0.15) is 10.4 Å². The van der Waals surface area contributed by atoms with Crippen LogP contribution in [0, 0.1) is 11.3 Å². The maximum Gasteiger partial charge on any atom is 0.258 e. The zero-order chi connectivity index (χ0) is 19.8. The summed E-state index contributed by atoms with van der Waals surface area (Å²) in [5.41, 5.74) is 4.38. The van der Waals surface area contributed by atoms with Crippen molar-refractivity contribution in [1.82, 2.24) is 14.7 Å². The predicted octanol–water partition coefficient (Wildman–Crippen LogP) is 4.19. The number of anilines is 1. The Morgan fingerprint density at radius 1 is 1.10 bits per heavy atom. The molecule has 1 N–H and O–H groups in total. The van der Waals surface area contributed by atoms with Gasteiger partial charge >= 0.3 is 0 Å². The molecular formula is C23H21N5O. The first kappa shape index (κ1) is 17.5. The molecule has 6 heteroatoms. The monoisotopic (exact) mass is 383 g/mol. The fourth-order valence-corrected chi connectivity index (χ4v) is 3.96. The Labute approximate surface area is 169 Å². The number of fused-ring (bicyclic) bond motifs is 1. The number of hydrogen-bond donors (Lipinski definition) is 1. The van der Waals surface area contributed by atoms with Crippen molar-refractivity contribution in [2.24, 2.45) is 0 Å². The Hall–Kier alpha value is -3.59. The second kappa shape index (κ2) is 7.10. The summed E-state index contributed by atoms with van der Waals surface area (Å²) in [6.07, 6.45) is 4.14. The Morgan fingerprint density at radius 2 is 1.86 bits per heavy atom. The van der Waals surface area contributed by atoms with Gasteiger partial charge in [0.2, 0.25) is 0 Å². The lowest BCUT2D eigenvalue weighted by Crippen LogP contribution is -2.44. The highest BCUT2D eigenvalue weighted by Gasteiger charge is 2.43. The fraction of sp³-hybridized carbons (Fsp3) is 0.261. The van der Waals surface area contributed by atoms with Crippen molar-refractivity contribution >= 4 is 11.6 Å². The van der Waals surface area contributed by atoms with Gasteiger partial charge in [0.25, 0.3) is 5.91 Å². The van der Waals surface area contributed by atoms with Crippen molar-refractivity contribution in [3.05, 3.63) is 71.9 Å². The van der Waals surface area contributed by atoms with Gasteiger partial charge in [-0.15, -0.1) is 0 Å². The van der Waals surface area contributed by atoms with E-state index in [1.165, 1.54) is 0 Å². The van der Waals surface area contributed by atoms with Crippen LogP contribution in [0.15, 0.2) is 60.8 Å². The molecule has 2 aliphatic rings. The fourth-order valence-electron chi connectivity index (χ4n) is 3.96. The van der Waals surface area contributed by atoms with Crippen molar-refractivity contribution in [2.45, 2.75) is 38.0 Å². The second-order valence-corrected chi connectivity index (χ2v) is 7.51. The molecule has 0 saturated heterocycles. The number of nitriles is 1. The van der Waals surface area contributed by atoms with Gasteiger partial charge < -0.3 is 10.2 Å². The Balaban J connectivity index is 1.62. The van der Waals surface area contributed by atoms with E-state index in [-0.39, 0.29) is 18.1 Å². The quantitative estimate of drug-likeness (QED) is 0.717. The highest BCUT2D eigenvalue weighted by Crippen LogP contribution is 2.42. The van der Waals surface area contributed by atoms with Gasteiger partial charge in [-0.3, -0.25) is 9.48 Å². The number of rotatable bonds is 5. The van der Waals surface area contributed by atoms with E-state index in [4.69, 9.17) is 10.4 Å². The van der Waals surface area contributed by atoms with E-state index >= 15 is 0 Å². The summed E-state index contributed by atoms with van der Waals surface area (Å²) in [6, 6.07) is 20.1. The molecule has 6 nitrogen and oxygen atoms in total. The van der Waals surface area contributed by atoms with Crippen LogP contribution in [0.25, 0.3) is 11.3 Å². The van der Waals surface area contributed by atoms with Crippen LogP contribution in [0.4, 0.5) is 5.69 Å². The molecule has 0 radical (unpaired) electrons. The van der Waals surface area contributed by atoms with Crippen molar-refractivity contribution in [3.63, 3.8) is 0 Å². The first-order chi connectivity index (χ1) is 14.3. The molecule has 1 aliphatic carbocycles. The molecule has 29 heavy (non-hydrogen) atoms. The van der Waals surface area contributed by atoms with Gasteiger partial charge in [0, 0.05) is 29.1 Å². The molecule has 0 bridgehead atoms. The molecule has 2 aromatic carbocycles. The maximum absolute atomic E-state index is 13.3. The summed E-state index contributed by atoms with van der Waals surface area (Å²) >= 11 is 0. The number of amides is 1. The van der Waals surface area contributed by atoms with Crippen LogP contribution < -0.4 is 5.32 Å². The highest BCUT2D eigenvalue weighted by molar-refractivity contribution is 6.02. The molecule has 2 heterocycles. The third kappa shape index (κ3) is 3.15. The summed E-state index contributed by atoms with van der Waals surface area (Å²) in [4.78, 5) is 15.3. The number of aromatic nitrogens is 2. The minimum absolute atomic E-state index is 0.0654. The van der Waals surface area contributed by atoms with Crippen LogP contribution in [0.2, 0.25) is 0 Å². The largest absolute Gasteiger partial charge is 0.361 e. The average molecular weight is 383 g/mol. The molecular weight excluding hydrogens is 362 g/mol. The number of hydrogen-bond acceptors (Lipinski definition) is 4. The van der Waals surface area contributed by atoms with Crippen molar-refractivity contribution < 1.29 is 4.79 Å². The van der Waals surface area contributed by atoms with Gasteiger partial charge in [0.15, 0.2) is 0 Å². The van der Waals surface area contributed by atoms with Gasteiger partial charge in [-0.05, 0) is 25.0 Å². The van der Waals surface area contributed by atoms with Crippen LogP contribution in [0.5, 0.6) is 0 Å². The van der Waals surface area contributed by atoms with Gasteiger partial charge in [-0.1, -0.05) is 42.5 Å². The average Bonchev–Trinajstić information content (AvgIpc) is 3.51. The first-order valence-corrected chi connectivity index (χ1v) is 9.94. The molecule has 0 unspecified atom stereocenters. The summed E-state index contributed by atoms with van der Waals surface area (Å²) in [6.45, 7) is 0.525. The van der Waals surface area contributed by atoms with E-state index in [0.29, 0.717) is 18.5 Å². The van der Waals surface area contributed by atoms with Crippen LogP contribution in [-0.4, -0.2) is 26.6 Å². The Morgan fingerprint density at radius 3 is 2.62 bits per heavy atom. The Bertz CT molecular complexity index is 1090. The normalized spacial score (nSPS) is 18.1. The summed E-state index contributed by atoms with van der Waals surface area (Å²) < 4.78 is 1.82. The minimum atomic E-state index is -0.282. The molecule has 1 amide bonds. The molecule has 1 fully saturated rings. The van der Waals surface area contributed by atoms with Crippen molar-refractivity contribution in [3.8, 4) is 17.3 Å². The topological polar surface area (TPSA) is 74.0 Å². The Kier molecular flexibility index (Phi) is 4.28. The number of nitrogens with one attached hydrogen (secondary N) is 1. The van der Waals surface area contributed by atoms with Crippen LogP contribution in [0.3, 0.4) is 0 Å². The summed E-state index contributed by atoms with van der Waals surface area (Å²) in [7, 11) is 0. The standard InChI is InChI=1S/C23H21N5O/c24-13-6-14-27-15-19(21(26-27)16-7-2-1-3-8-16)22-25-20-10-5-4-9-18(20)23(29)28(22)17-11-12-17/h1-5,7-10,15,17,22,25H,6,11-12,14H2/t22-/m1/s1. The molecule has 3 aromatic rings. The molecule has 1 saturated carbocycles. The lowest BCUT2D eigenvalue weighted by atomic mass is 10.0. The summed E-state index contributed by atoms with van der Waals surface area (Å²) in [5, 5.41) is 17.3. The zero-order valence-electron chi connectivity index (χ0n) is 16.0. The number of carbonyl (C=O) groups is 1. The smallest absolute Gasteiger partial charge is 0.258 e. The molecule has 1 aliphatic heterocycles. The van der Waals surface area contributed by atoms with E-state index in [0.717, 1.165) is 35.3 Å². The minimum Gasteiger partial charge on any atom is -0.361 e. The first-order valence-electron chi connectivity index (χ1n) is 9.94. The van der Waals surface area contributed by atoms with Crippen LogP contribution in [0.1, 0.15) is 41.3 Å². The SMILES string of the molecule is N#CCCn1cc([C@@H]2Nc3ccccc3C(=O)N2C2CC2)c(-c2ccccc2)n1.